The number of nitrogens with one attached hydrogen (secondary N) is 1. The zero-order valence-electron chi connectivity index (χ0n) is 10.6. The highest BCUT2D eigenvalue weighted by molar-refractivity contribution is 5.43. The van der Waals surface area contributed by atoms with Crippen LogP contribution in [-0.4, -0.2) is 18.1 Å². The lowest BCUT2D eigenvalue weighted by molar-refractivity contribution is 0.115. The Morgan fingerprint density at radius 3 is 3.12 bits per heavy atom. The molecule has 0 unspecified atom stereocenters. The smallest absolute Gasteiger partial charge is 0.131 e. The summed E-state index contributed by atoms with van der Waals surface area (Å²) in [5, 5.41) is 3.33. The molecule has 1 aromatic rings. The Kier molecular flexibility index (Phi) is 4.80. The van der Waals surface area contributed by atoms with Gasteiger partial charge in [-0.3, -0.25) is 0 Å². The SMILES string of the molecule is CCCNc1ncccc1COCCC1CC1. The number of hydrogen-bond acceptors (Lipinski definition) is 3. The molecule has 0 atom stereocenters. The second-order valence-electron chi connectivity index (χ2n) is 4.72. The number of pyridine rings is 1. The summed E-state index contributed by atoms with van der Waals surface area (Å²) in [6.45, 7) is 4.67. The number of anilines is 1. The zero-order valence-corrected chi connectivity index (χ0v) is 10.6. The number of hydrogen-bond donors (Lipinski definition) is 1. The van der Waals surface area contributed by atoms with Crippen molar-refractivity contribution < 1.29 is 4.74 Å². The topological polar surface area (TPSA) is 34.2 Å². The van der Waals surface area contributed by atoms with E-state index in [1.807, 2.05) is 12.3 Å². The molecule has 1 aliphatic rings. The van der Waals surface area contributed by atoms with Crippen LogP contribution in [0.15, 0.2) is 18.3 Å². The van der Waals surface area contributed by atoms with Crippen LogP contribution >= 0.6 is 0 Å². The van der Waals surface area contributed by atoms with Gasteiger partial charge in [-0.05, 0) is 24.8 Å². The second-order valence-corrected chi connectivity index (χ2v) is 4.72. The van der Waals surface area contributed by atoms with E-state index in [0.717, 1.165) is 36.9 Å². The van der Waals surface area contributed by atoms with Gasteiger partial charge in [0.15, 0.2) is 0 Å². The fourth-order valence-corrected chi connectivity index (χ4v) is 1.80. The van der Waals surface area contributed by atoms with Gasteiger partial charge < -0.3 is 10.1 Å². The fourth-order valence-electron chi connectivity index (χ4n) is 1.80. The highest BCUT2D eigenvalue weighted by Gasteiger charge is 2.20. The van der Waals surface area contributed by atoms with Crippen LogP contribution in [0.5, 0.6) is 0 Å². The minimum absolute atomic E-state index is 0.673. The van der Waals surface area contributed by atoms with Gasteiger partial charge in [-0.25, -0.2) is 4.98 Å². The van der Waals surface area contributed by atoms with E-state index in [4.69, 9.17) is 4.74 Å². The Labute approximate surface area is 104 Å². The minimum atomic E-state index is 0.673. The summed E-state index contributed by atoms with van der Waals surface area (Å²) in [6, 6.07) is 4.05. The van der Waals surface area contributed by atoms with Gasteiger partial charge in [-0.15, -0.1) is 0 Å². The Morgan fingerprint density at radius 1 is 1.47 bits per heavy atom. The molecule has 3 nitrogen and oxygen atoms in total. The zero-order chi connectivity index (χ0) is 11.9. The van der Waals surface area contributed by atoms with E-state index in [-0.39, 0.29) is 0 Å². The van der Waals surface area contributed by atoms with Gasteiger partial charge in [-0.2, -0.15) is 0 Å². The maximum absolute atomic E-state index is 5.71. The Hall–Kier alpha value is -1.09. The summed E-state index contributed by atoms with van der Waals surface area (Å²) >= 11 is 0. The predicted octanol–water partition coefficient (Wildman–Crippen LogP) is 3.22. The van der Waals surface area contributed by atoms with Crippen LogP contribution in [0.4, 0.5) is 5.82 Å². The van der Waals surface area contributed by atoms with Gasteiger partial charge in [-0.1, -0.05) is 25.8 Å². The Morgan fingerprint density at radius 2 is 2.35 bits per heavy atom. The van der Waals surface area contributed by atoms with Crippen molar-refractivity contribution in [2.75, 3.05) is 18.5 Å². The van der Waals surface area contributed by atoms with Crippen molar-refractivity contribution in [3.63, 3.8) is 0 Å². The molecule has 1 N–H and O–H groups in total. The fraction of sp³-hybridized carbons (Fsp3) is 0.643. The first kappa shape index (κ1) is 12.4. The molecule has 0 bridgehead atoms. The monoisotopic (exact) mass is 234 g/mol. The van der Waals surface area contributed by atoms with Crippen LogP contribution in [0.3, 0.4) is 0 Å². The lowest BCUT2D eigenvalue weighted by Crippen LogP contribution is -2.06. The largest absolute Gasteiger partial charge is 0.377 e. The molecule has 0 aromatic carbocycles. The number of rotatable bonds is 8. The van der Waals surface area contributed by atoms with Crippen LogP contribution in [-0.2, 0) is 11.3 Å². The molecule has 0 radical (unpaired) electrons. The lowest BCUT2D eigenvalue weighted by atomic mass is 10.2. The third-order valence-electron chi connectivity index (χ3n) is 3.06. The molecule has 3 heteroatoms. The molecule has 0 aliphatic heterocycles. The van der Waals surface area contributed by atoms with E-state index in [1.165, 1.54) is 19.3 Å². The second kappa shape index (κ2) is 6.60. The molecule has 94 valence electrons. The summed E-state index contributed by atoms with van der Waals surface area (Å²) in [6.07, 6.45) is 6.96. The highest BCUT2D eigenvalue weighted by Crippen LogP contribution is 2.32. The van der Waals surface area contributed by atoms with E-state index < -0.39 is 0 Å². The maximum atomic E-state index is 5.71. The highest BCUT2D eigenvalue weighted by atomic mass is 16.5. The van der Waals surface area contributed by atoms with Crippen LogP contribution in [0.2, 0.25) is 0 Å². The number of ether oxygens (including phenoxy) is 1. The lowest BCUT2D eigenvalue weighted by Gasteiger charge is -2.10. The summed E-state index contributed by atoms with van der Waals surface area (Å²) < 4.78 is 5.71. The quantitative estimate of drug-likeness (QED) is 0.701. The van der Waals surface area contributed by atoms with E-state index >= 15 is 0 Å². The van der Waals surface area contributed by atoms with E-state index in [9.17, 15) is 0 Å². The van der Waals surface area contributed by atoms with Crippen LogP contribution in [0.25, 0.3) is 0 Å². The van der Waals surface area contributed by atoms with Crippen molar-refractivity contribution in [1.29, 1.82) is 0 Å². The maximum Gasteiger partial charge on any atom is 0.131 e. The van der Waals surface area contributed by atoms with Gasteiger partial charge in [0.05, 0.1) is 6.61 Å². The molecule has 1 aromatic heterocycles. The van der Waals surface area contributed by atoms with Crippen molar-refractivity contribution in [2.45, 2.75) is 39.2 Å². The van der Waals surface area contributed by atoms with E-state index in [2.05, 4.69) is 23.3 Å². The average Bonchev–Trinajstić information content (AvgIpc) is 3.17. The third-order valence-corrected chi connectivity index (χ3v) is 3.06. The molecule has 1 heterocycles. The average molecular weight is 234 g/mol. The summed E-state index contributed by atoms with van der Waals surface area (Å²) in [4.78, 5) is 4.35. The molecule has 0 spiro atoms. The minimum Gasteiger partial charge on any atom is -0.377 e. The summed E-state index contributed by atoms with van der Waals surface area (Å²) in [7, 11) is 0. The molecule has 1 saturated carbocycles. The molecular weight excluding hydrogens is 212 g/mol. The molecule has 0 amide bonds. The normalized spacial score (nSPS) is 14.9. The van der Waals surface area contributed by atoms with Gasteiger partial charge in [0.1, 0.15) is 5.82 Å². The molecule has 1 fully saturated rings. The third kappa shape index (κ3) is 4.35. The van der Waals surface area contributed by atoms with Crippen LogP contribution in [0, 0.1) is 5.92 Å². The van der Waals surface area contributed by atoms with Crippen molar-refractivity contribution in [3.05, 3.63) is 23.9 Å². The molecule has 1 aliphatic carbocycles. The Balaban J connectivity index is 1.76. The molecular formula is C14H22N2O. The van der Waals surface area contributed by atoms with Crippen LogP contribution < -0.4 is 5.32 Å². The van der Waals surface area contributed by atoms with E-state index in [0.29, 0.717) is 6.61 Å². The molecule has 17 heavy (non-hydrogen) atoms. The van der Waals surface area contributed by atoms with Gasteiger partial charge in [0.25, 0.3) is 0 Å². The van der Waals surface area contributed by atoms with E-state index in [1.54, 1.807) is 0 Å². The predicted molar refractivity (Wildman–Crippen MR) is 70.0 cm³/mol. The van der Waals surface area contributed by atoms with Crippen molar-refractivity contribution in [2.24, 2.45) is 5.92 Å². The first-order valence-electron chi connectivity index (χ1n) is 6.65. The van der Waals surface area contributed by atoms with Gasteiger partial charge >= 0.3 is 0 Å². The first-order valence-corrected chi connectivity index (χ1v) is 6.65. The number of aromatic nitrogens is 1. The summed E-state index contributed by atoms with van der Waals surface area (Å²) in [5.74, 6) is 1.92. The molecule has 0 saturated heterocycles. The standard InChI is InChI=1S/C14H22N2O/c1-2-8-15-14-13(4-3-9-16-14)11-17-10-7-12-5-6-12/h3-4,9,12H,2,5-8,10-11H2,1H3,(H,15,16). The van der Waals surface area contributed by atoms with Gasteiger partial charge in [0.2, 0.25) is 0 Å². The summed E-state index contributed by atoms with van der Waals surface area (Å²) in [5.41, 5.74) is 1.16. The van der Waals surface area contributed by atoms with Gasteiger partial charge in [0, 0.05) is 24.9 Å². The molecule has 2 rings (SSSR count). The number of nitrogens with zero attached hydrogens (tertiary/aromatic N) is 1. The Bertz CT molecular complexity index is 337. The first-order chi connectivity index (χ1) is 8.40. The van der Waals surface area contributed by atoms with Crippen molar-refractivity contribution >= 4 is 5.82 Å². The van der Waals surface area contributed by atoms with Crippen LogP contribution in [0.1, 0.15) is 38.2 Å². The van der Waals surface area contributed by atoms with Crippen molar-refractivity contribution in [3.8, 4) is 0 Å². The van der Waals surface area contributed by atoms with Crippen molar-refractivity contribution in [1.82, 2.24) is 4.98 Å².